The van der Waals surface area contributed by atoms with Crippen molar-refractivity contribution in [2.45, 2.75) is 25.8 Å². The van der Waals surface area contributed by atoms with E-state index in [1.165, 1.54) is 12.5 Å². The Labute approximate surface area is 88.5 Å². The minimum absolute atomic E-state index is 0.353. The van der Waals surface area contributed by atoms with Crippen LogP contribution in [0, 0.1) is 0 Å². The Morgan fingerprint density at radius 2 is 2.36 bits per heavy atom. The molecule has 1 aromatic heterocycles. The van der Waals surface area contributed by atoms with E-state index in [1.807, 2.05) is 13.8 Å². The minimum Gasteiger partial charge on any atom is -0.475 e. The molecular weight excluding hydrogens is 202 g/mol. The van der Waals surface area contributed by atoms with Crippen LogP contribution in [0.5, 0.6) is 5.88 Å². The highest BCUT2D eigenvalue weighted by Gasteiger charge is 2.17. The fraction of sp³-hybridized carbons (Fsp3) is 0.556. The Hall–Kier alpha value is -0.870. The smallest absolute Gasteiger partial charge is 0.235 e. The van der Waals surface area contributed by atoms with Crippen molar-refractivity contribution >= 4 is 11.6 Å². The molecule has 78 valence electrons. The Morgan fingerprint density at radius 1 is 1.64 bits per heavy atom. The lowest BCUT2D eigenvalue weighted by Crippen LogP contribution is -2.41. The third-order valence-electron chi connectivity index (χ3n) is 1.98. The third kappa shape index (κ3) is 3.12. The number of hydrogen-bond acceptors (Lipinski definition) is 4. The van der Waals surface area contributed by atoms with Crippen molar-refractivity contribution in [1.29, 1.82) is 0 Å². The van der Waals surface area contributed by atoms with Crippen molar-refractivity contribution in [3.8, 4) is 5.88 Å². The van der Waals surface area contributed by atoms with Gasteiger partial charge in [-0.2, -0.15) is 0 Å². The summed E-state index contributed by atoms with van der Waals surface area (Å²) in [4.78, 5) is 7.65. The third-order valence-corrected chi connectivity index (χ3v) is 2.24. The highest BCUT2D eigenvalue weighted by Crippen LogP contribution is 2.20. The molecule has 0 radical (unpaired) electrons. The lowest BCUT2D eigenvalue weighted by atomic mass is 10.0. The lowest BCUT2D eigenvalue weighted by Gasteiger charge is -2.22. The van der Waals surface area contributed by atoms with Crippen LogP contribution in [0.3, 0.4) is 0 Å². The summed E-state index contributed by atoms with van der Waals surface area (Å²) in [5.41, 5.74) is 5.55. The predicted octanol–water partition coefficient (Wildman–Crippen LogP) is 1.64. The molecule has 1 unspecified atom stereocenters. The van der Waals surface area contributed by atoms with Crippen molar-refractivity contribution in [3.05, 3.63) is 17.5 Å². The van der Waals surface area contributed by atoms with Gasteiger partial charge in [-0.3, -0.25) is 0 Å². The maximum atomic E-state index is 5.90. The molecule has 0 amide bonds. The van der Waals surface area contributed by atoms with Crippen LogP contribution in [0.1, 0.15) is 20.3 Å². The molecule has 1 rings (SSSR count). The van der Waals surface area contributed by atoms with E-state index in [0.717, 1.165) is 6.42 Å². The molecule has 0 aliphatic rings. The van der Waals surface area contributed by atoms with Crippen molar-refractivity contribution in [3.63, 3.8) is 0 Å². The largest absolute Gasteiger partial charge is 0.475 e. The molecule has 0 saturated carbocycles. The number of nitrogens with two attached hydrogens (primary N) is 1. The molecule has 0 aliphatic carbocycles. The quantitative estimate of drug-likeness (QED) is 0.830. The molecule has 0 bridgehead atoms. The van der Waals surface area contributed by atoms with Gasteiger partial charge in [-0.05, 0) is 13.3 Å². The molecule has 0 fully saturated rings. The molecule has 14 heavy (non-hydrogen) atoms. The molecule has 0 aromatic carbocycles. The Bertz CT molecular complexity index is 304. The van der Waals surface area contributed by atoms with Gasteiger partial charge in [0.1, 0.15) is 18.0 Å². The van der Waals surface area contributed by atoms with Gasteiger partial charge in [-0.25, -0.2) is 9.97 Å². The van der Waals surface area contributed by atoms with Crippen LogP contribution >= 0.6 is 11.6 Å². The summed E-state index contributed by atoms with van der Waals surface area (Å²) < 4.78 is 5.38. The van der Waals surface area contributed by atoms with Crippen molar-refractivity contribution in [2.24, 2.45) is 5.73 Å². The van der Waals surface area contributed by atoms with Gasteiger partial charge in [-0.1, -0.05) is 18.5 Å². The zero-order chi connectivity index (χ0) is 10.6. The number of hydrogen-bond donors (Lipinski definition) is 1. The number of aromatic nitrogens is 2. The van der Waals surface area contributed by atoms with Gasteiger partial charge in [0.25, 0.3) is 0 Å². The van der Waals surface area contributed by atoms with Crippen LogP contribution < -0.4 is 10.5 Å². The first kappa shape index (κ1) is 11.2. The van der Waals surface area contributed by atoms with Gasteiger partial charge in [0.05, 0.1) is 6.20 Å². The van der Waals surface area contributed by atoms with Gasteiger partial charge < -0.3 is 10.5 Å². The summed E-state index contributed by atoms with van der Waals surface area (Å²) in [5, 5.41) is 0.402. The molecule has 0 spiro atoms. The molecule has 1 heterocycles. The van der Waals surface area contributed by atoms with E-state index < -0.39 is 0 Å². The molecule has 1 atom stereocenters. The second kappa shape index (κ2) is 4.57. The number of nitrogens with zero attached hydrogens (tertiary/aromatic N) is 2. The van der Waals surface area contributed by atoms with Gasteiger partial charge >= 0.3 is 0 Å². The van der Waals surface area contributed by atoms with E-state index in [9.17, 15) is 0 Å². The maximum Gasteiger partial charge on any atom is 0.235 e. The van der Waals surface area contributed by atoms with Gasteiger partial charge in [0, 0.05) is 5.54 Å². The van der Waals surface area contributed by atoms with Crippen LogP contribution in [0.15, 0.2) is 12.5 Å². The highest BCUT2D eigenvalue weighted by atomic mass is 35.5. The van der Waals surface area contributed by atoms with Crippen LogP contribution in [0.4, 0.5) is 0 Å². The summed E-state index contributed by atoms with van der Waals surface area (Å²) in [6.45, 7) is 4.31. The second-order valence-electron chi connectivity index (χ2n) is 3.47. The van der Waals surface area contributed by atoms with E-state index in [4.69, 9.17) is 22.1 Å². The summed E-state index contributed by atoms with van der Waals surface area (Å²) in [7, 11) is 0. The standard InChI is InChI=1S/C9H14ClN3O/c1-3-9(2,11)5-14-8-7(10)4-12-6-13-8/h4,6H,3,5,11H2,1-2H3. The first-order chi connectivity index (χ1) is 6.55. The van der Waals surface area contributed by atoms with E-state index in [1.54, 1.807) is 0 Å². The van der Waals surface area contributed by atoms with Crippen LogP contribution in [-0.4, -0.2) is 22.1 Å². The molecule has 2 N–H and O–H groups in total. The minimum atomic E-state index is -0.353. The highest BCUT2D eigenvalue weighted by molar-refractivity contribution is 6.31. The van der Waals surface area contributed by atoms with E-state index in [-0.39, 0.29) is 5.54 Å². The summed E-state index contributed by atoms with van der Waals surface area (Å²) in [6, 6.07) is 0. The average Bonchev–Trinajstić information content (AvgIpc) is 2.17. The van der Waals surface area contributed by atoms with E-state index in [2.05, 4.69) is 9.97 Å². The second-order valence-corrected chi connectivity index (χ2v) is 3.88. The first-order valence-electron chi connectivity index (χ1n) is 4.42. The summed E-state index contributed by atoms with van der Waals surface area (Å²) >= 11 is 5.81. The zero-order valence-corrected chi connectivity index (χ0v) is 9.08. The van der Waals surface area contributed by atoms with Gasteiger partial charge in [0.2, 0.25) is 5.88 Å². The first-order valence-corrected chi connectivity index (χ1v) is 4.80. The summed E-state index contributed by atoms with van der Waals surface area (Å²) in [6.07, 6.45) is 3.71. The average molecular weight is 216 g/mol. The molecular formula is C9H14ClN3O. The number of ether oxygens (including phenoxy) is 1. The Morgan fingerprint density at radius 3 is 2.93 bits per heavy atom. The zero-order valence-electron chi connectivity index (χ0n) is 8.33. The van der Waals surface area contributed by atoms with Gasteiger partial charge in [-0.15, -0.1) is 0 Å². The normalized spacial score (nSPS) is 14.9. The predicted molar refractivity (Wildman–Crippen MR) is 55.4 cm³/mol. The monoisotopic (exact) mass is 215 g/mol. The van der Waals surface area contributed by atoms with Crippen LogP contribution in [0.25, 0.3) is 0 Å². The Kier molecular flexibility index (Phi) is 3.66. The lowest BCUT2D eigenvalue weighted by molar-refractivity contribution is 0.218. The Balaban J connectivity index is 2.58. The van der Waals surface area contributed by atoms with Crippen LogP contribution in [-0.2, 0) is 0 Å². The fourth-order valence-corrected chi connectivity index (χ4v) is 0.903. The molecule has 1 aromatic rings. The van der Waals surface area contributed by atoms with E-state index >= 15 is 0 Å². The van der Waals surface area contributed by atoms with Crippen molar-refractivity contribution in [1.82, 2.24) is 9.97 Å². The maximum absolute atomic E-state index is 5.90. The number of rotatable bonds is 4. The SMILES string of the molecule is CCC(C)(N)COc1ncncc1Cl. The summed E-state index contributed by atoms with van der Waals surface area (Å²) in [5.74, 6) is 0.381. The molecule has 5 heteroatoms. The molecule has 0 saturated heterocycles. The fourth-order valence-electron chi connectivity index (χ4n) is 0.743. The van der Waals surface area contributed by atoms with Crippen molar-refractivity contribution in [2.75, 3.05) is 6.61 Å². The molecule has 0 aliphatic heterocycles. The number of halogens is 1. The van der Waals surface area contributed by atoms with Crippen molar-refractivity contribution < 1.29 is 4.74 Å². The topological polar surface area (TPSA) is 61.0 Å². The van der Waals surface area contributed by atoms with E-state index in [0.29, 0.717) is 17.5 Å². The van der Waals surface area contributed by atoms with Crippen LogP contribution in [0.2, 0.25) is 5.02 Å². The van der Waals surface area contributed by atoms with Gasteiger partial charge in [0.15, 0.2) is 0 Å². The molecule has 4 nitrogen and oxygen atoms in total.